The van der Waals surface area contributed by atoms with E-state index < -0.39 is 0 Å². The second-order valence-corrected chi connectivity index (χ2v) is 4.76. The number of pyridine rings is 1. The van der Waals surface area contributed by atoms with Crippen molar-refractivity contribution in [1.29, 1.82) is 0 Å². The van der Waals surface area contributed by atoms with E-state index in [0.29, 0.717) is 19.4 Å². The summed E-state index contributed by atoms with van der Waals surface area (Å²) in [5.41, 5.74) is 1.08. The van der Waals surface area contributed by atoms with Gasteiger partial charge in [-0.1, -0.05) is 0 Å². The van der Waals surface area contributed by atoms with Crippen molar-refractivity contribution in [1.82, 2.24) is 15.6 Å². The van der Waals surface area contributed by atoms with Gasteiger partial charge in [-0.25, -0.2) is 0 Å². The highest BCUT2D eigenvalue weighted by Crippen LogP contribution is 2.06. The summed E-state index contributed by atoms with van der Waals surface area (Å²) in [5, 5.41) is 5.62. The van der Waals surface area contributed by atoms with Crippen LogP contribution < -0.4 is 10.6 Å². The Bertz CT molecular complexity index is 434. The quantitative estimate of drug-likeness (QED) is 0.842. The number of aromatic nitrogens is 1. The van der Waals surface area contributed by atoms with Crippen LogP contribution in [-0.2, 0) is 16.0 Å². The lowest BCUT2D eigenvalue weighted by Crippen LogP contribution is -2.45. The average Bonchev–Trinajstić information content (AvgIpc) is 2.63. The van der Waals surface area contributed by atoms with E-state index in [1.165, 1.54) is 0 Å². The van der Waals surface area contributed by atoms with Crippen LogP contribution >= 0.6 is 0 Å². The van der Waals surface area contributed by atoms with Gasteiger partial charge >= 0.3 is 0 Å². The number of carbonyl (C=O) groups is 2. The molecule has 0 saturated carbocycles. The molecule has 1 saturated heterocycles. The highest BCUT2D eigenvalue weighted by Gasteiger charge is 2.21. The first-order chi connectivity index (χ1) is 9.25. The van der Waals surface area contributed by atoms with E-state index in [9.17, 15) is 9.59 Å². The average molecular weight is 261 g/mol. The molecule has 1 fully saturated rings. The topological polar surface area (TPSA) is 71.1 Å². The van der Waals surface area contributed by atoms with Gasteiger partial charge < -0.3 is 10.6 Å². The van der Waals surface area contributed by atoms with E-state index in [1.807, 2.05) is 12.1 Å². The predicted molar refractivity (Wildman–Crippen MR) is 71.3 cm³/mol. The lowest BCUT2D eigenvalue weighted by Gasteiger charge is -2.15. The Hall–Kier alpha value is -1.91. The summed E-state index contributed by atoms with van der Waals surface area (Å²) in [6, 6.07) is 3.42. The molecule has 0 bridgehead atoms. The highest BCUT2D eigenvalue weighted by molar-refractivity contribution is 5.87. The van der Waals surface area contributed by atoms with E-state index in [0.717, 1.165) is 24.8 Å². The molecule has 0 unspecified atom stereocenters. The van der Waals surface area contributed by atoms with E-state index in [-0.39, 0.29) is 17.9 Å². The number of aryl methyl sites for hydroxylation is 1. The van der Waals surface area contributed by atoms with Crippen molar-refractivity contribution in [3.63, 3.8) is 0 Å². The molecule has 1 aromatic rings. The molecular weight excluding hydrogens is 242 g/mol. The smallest absolute Gasteiger partial charge is 0.242 e. The first kappa shape index (κ1) is 13.5. The van der Waals surface area contributed by atoms with Crippen LogP contribution in [0.2, 0.25) is 0 Å². The molecule has 102 valence electrons. The van der Waals surface area contributed by atoms with Crippen molar-refractivity contribution < 1.29 is 9.59 Å². The van der Waals surface area contributed by atoms with Crippen LogP contribution in [0.4, 0.5) is 0 Å². The van der Waals surface area contributed by atoms with Gasteiger partial charge in [0.15, 0.2) is 0 Å². The molecule has 1 aliphatic rings. The van der Waals surface area contributed by atoms with Crippen molar-refractivity contribution in [2.45, 2.75) is 38.1 Å². The minimum atomic E-state index is -0.368. The fraction of sp³-hybridized carbons (Fsp3) is 0.500. The fourth-order valence-corrected chi connectivity index (χ4v) is 2.15. The molecule has 5 heteroatoms. The Labute approximate surface area is 112 Å². The van der Waals surface area contributed by atoms with E-state index >= 15 is 0 Å². The molecule has 1 atom stereocenters. The van der Waals surface area contributed by atoms with Crippen LogP contribution in [0.1, 0.15) is 31.2 Å². The van der Waals surface area contributed by atoms with Crippen LogP contribution in [-0.4, -0.2) is 29.4 Å². The van der Waals surface area contributed by atoms with Crippen molar-refractivity contribution in [2.75, 3.05) is 6.54 Å². The van der Waals surface area contributed by atoms with Crippen molar-refractivity contribution >= 4 is 11.8 Å². The zero-order valence-corrected chi connectivity index (χ0v) is 10.9. The molecular formula is C14H19N3O2. The number of amides is 2. The largest absolute Gasteiger partial charge is 0.354 e. The molecule has 0 aliphatic carbocycles. The molecule has 2 amide bonds. The van der Waals surface area contributed by atoms with Gasteiger partial charge in [0.05, 0.1) is 0 Å². The normalized spacial score (nSPS) is 19.4. The number of hydrogen-bond donors (Lipinski definition) is 2. The molecule has 5 nitrogen and oxygen atoms in total. The van der Waals surface area contributed by atoms with E-state index in [4.69, 9.17) is 0 Å². The minimum absolute atomic E-state index is 0.0604. The summed E-state index contributed by atoms with van der Waals surface area (Å²) in [4.78, 5) is 27.5. The SMILES string of the molecule is O=C(CCc1ccncc1)N[C@@H]1CCCCNC1=O. The third-order valence-corrected chi connectivity index (χ3v) is 3.26. The Morgan fingerprint density at radius 3 is 2.95 bits per heavy atom. The molecule has 0 radical (unpaired) electrons. The third-order valence-electron chi connectivity index (χ3n) is 3.26. The van der Waals surface area contributed by atoms with Crippen LogP contribution in [0, 0.1) is 0 Å². The van der Waals surface area contributed by atoms with Gasteiger partial charge in [-0.2, -0.15) is 0 Å². The number of carbonyl (C=O) groups excluding carboxylic acids is 2. The Balaban J connectivity index is 1.79. The molecule has 2 heterocycles. The Morgan fingerprint density at radius 2 is 2.16 bits per heavy atom. The second kappa shape index (κ2) is 6.87. The number of nitrogens with one attached hydrogen (secondary N) is 2. The van der Waals surface area contributed by atoms with Gasteiger partial charge in [0.2, 0.25) is 11.8 Å². The van der Waals surface area contributed by atoms with Gasteiger partial charge in [0.1, 0.15) is 6.04 Å². The lowest BCUT2D eigenvalue weighted by molar-refractivity contribution is -0.128. The van der Waals surface area contributed by atoms with E-state index in [1.54, 1.807) is 12.4 Å². The van der Waals surface area contributed by atoms with Gasteiger partial charge in [-0.05, 0) is 43.4 Å². The van der Waals surface area contributed by atoms with Crippen molar-refractivity contribution in [2.24, 2.45) is 0 Å². The van der Waals surface area contributed by atoms with Gasteiger partial charge in [0.25, 0.3) is 0 Å². The summed E-state index contributed by atoms with van der Waals surface area (Å²) in [5.74, 6) is -0.131. The van der Waals surface area contributed by atoms with E-state index in [2.05, 4.69) is 15.6 Å². The van der Waals surface area contributed by atoms with Crippen molar-refractivity contribution in [3.05, 3.63) is 30.1 Å². The predicted octanol–water partition coefficient (Wildman–Crippen LogP) is 0.799. The van der Waals surface area contributed by atoms with Crippen LogP contribution in [0.15, 0.2) is 24.5 Å². The first-order valence-electron chi connectivity index (χ1n) is 6.71. The van der Waals surface area contributed by atoms with Gasteiger partial charge in [0, 0.05) is 25.4 Å². The molecule has 2 rings (SSSR count). The Morgan fingerprint density at radius 1 is 1.37 bits per heavy atom. The van der Waals surface area contributed by atoms with Crippen LogP contribution in [0.3, 0.4) is 0 Å². The lowest BCUT2D eigenvalue weighted by atomic mass is 10.1. The maximum absolute atomic E-state index is 11.8. The fourth-order valence-electron chi connectivity index (χ4n) is 2.15. The number of hydrogen-bond acceptors (Lipinski definition) is 3. The number of rotatable bonds is 4. The van der Waals surface area contributed by atoms with Gasteiger partial charge in [-0.3, -0.25) is 14.6 Å². The maximum Gasteiger partial charge on any atom is 0.242 e. The zero-order chi connectivity index (χ0) is 13.5. The summed E-state index contributed by atoms with van der Waals surface area (Å²) >= 11 is 0. The monoisotopic (exact) mass is 261 g/mol. The summed E-state index contributed by atoms with van der Waals surface area (Å²) < 4.78 is 0. The van der Waals surface area contributed by atoms with Crippen molar-refractivity contribution in [3.8, 4) is 0 Å². The first-order valence-corrected chi connectivity index (χ1v) is 6.71. The highest BCUT2D eigenvalue weighted by atomic mass is 16.2. The minimum Gasteiger partial charge on any atom is -0.354 e. The molecule has 1 aliphatic heterocycles. The van der Waals surface area contributed by atoms with Gasteiger partial charge in [-0.15, -0.1) is 0 Å². The number of nitrogens with zero attached hydrogens (tertiary/aromatic N) is 1. The molecule has 0 spiro atoms. The maximum atomic E-state index is 11.8. The molecule has 19 heavy (non-hydrogen) atoms. The standard InChI is InChI=1S/C14H19N3O2/c18-13(5-4-11-6-9-15-10-7-11)17-12-3-1-2-8-16-14(12)19/h6-7,9-10,12H,1-5,8H2,(H,16,19)(H,17,18)/t12-/m1/s1. The molecule has 0 aromatic carbocycles. The summed E-state index contributed by atoms with van der Waals surface area (Å²) in [7, 11) is 0. The van der Waals surface area contributed by atoms with Crippen LogP contribution in [0.5, 0.6) is 0 Å². The Kier molecular flexibility index (Phi) is 4.89. The summed E-state index contributed by atoms with van der Waals surface area (Å²) in [6.45, 7) is 0.711. The molecule has 1 aromatic heterocycles. The zero-order valence-electron chi connectivity index (χ0n) is 10.9. The summed E-state index contributed by atoms with van der Waals surface area (Å²) in [6.07, 6.45) is 7.17. The second-order valence-electron chi connectivity index (χ2n) is 4.76. The third kappa shape index (κ3) is 4.35. The molecule has 2 N–H and O–H groups in total. The van der Waals surface area contributed by atoms with Crippen LogP contribution in [0.25, 0.3) is 0 Å².